The number of halogens is 1. The second kappa shape index (κ2) is 8.92. The van der Waals surface area contributed by atoms with E-state index in [1.54, 1.807) is 0 Å². The van der Waals surface area contributed by atoms with Crippen LogP contribution in [0.15, 0.2) is 0 Å². The quantitative estimate of drug-likeness (QED) is 0.631. The first kappa shape index (κ1) is 20.6. The van der Waals surface area contributed by atoms with Crippen molar-refractivity contribution in [2.45, 2.75) is 51.6 Å². The van der Waals surface area contributed by atoms with Crippen molar-refractivity contribution in [2.24, 2.45) is 17.6 Å². The van der Waals surface area contributed by atoms with Crippen LogP contribution in [0.3, 0.4) is 0 Å². The van der Waals surface area contributed by atoms with E-state index >= 15 is 0 Å². The summed E-state index contributed by atoms with van der Waals surface area (Å²) in [6.45, 7) is 4.53. The summed E-state index contributed by atoms with van der Waals surface area (Å²) in [6.07, 6.45) is 4.55. The molecule has 0 aromatic carbocycles. The third kappa shape index (κ3) is 7.99. The third-order valence-corrected chi connectivity index (χ3v) is 4.36. The molecular formula is C13H28ClN3O3S. The van der Waals surface area contributed by atoms with Crippen LogP contribution in [0.5, 0.6) is 0 Å². The van der Waals surface area contributed by atoms with Gasteiger partial charge in [-0.25, -0.2) is 13.1 Å². The molecule has 0 bridgehead atoms. The Balaban J connectivity index is 0.00000400. The van der Waals surface area contributed by atoms with Crippen molar-refractivity contribution in [1.29, 1.82) is 0 Å². The second-order valence-electron chi connectivity index (χ2n) is 6.17. The fourth-order valence-electron chi connectivity index (χ4n) is 2.69. The van der Waals surface area contributed by atoms with Gasteiger partial charge in [-0.1, -0.05) is 20.3 Å². The highest BCUT2D eigenvalue weighted by Gasteiger charge is 2.30. The highest BCUT2D eigenvalue weighted by Crippen LogP contribution is 2.25. The lowest BCUT2D eigenvalue weighted by Crippen LogP contribution is -2.46. The average molecular weight is 342 g/mol. The van der Waals surface area contributed by atoms with Gasteiger partial charge in [0.25, 0.3) is 0 Å². The van der Waals surface area contributed by atoms with E-state index in [4.69, 9.17) is 5.73 Å². The fourth-order valence-corrected chi connectivity index (χ4v) is 3.55. The SMILES string of the molecule is CC(C)C[C@H](N)C(=O)NCC1CCCC1NS(C)(=O)=O.Cl. The van der Waals surface area contributed by atoms with E-state index in [1.165, 1.54) is 6.26 Å². The number of sulfonamides is 1. The third-order valence-electron chi connectivity index (χ3n) is 3.63. The molecule has 0 aliphatic heterocycles. The molecule has 126 valence electrons. The Morgan fingerprint density at radius 3 is 2.48 bits per heavy atom. The van der Waals surface area contributed by atoms with Crippen molar-refractivity contribution in [2.75, 3.05) is 12.8 Å². The van der Waals surface area contributed by atoms with Crippen LogP contribution in [-0.4, -0.2) is 39.2 Å². The van der Waals surface area contributed by atoms with E-state index in [1.807, 2.05) is 13.8 Å². The summed E-state index contributed by atoms with van der Waals surface area (Å²) in [6, 6.07) is -0.565. The predicted molar refractivity (Wildman–Crippen MR) is 86.8 cm³/mol. The lowest BCUT2D eigenvalue weighted by Gasteiger charge is -2.21. The van der Waals surface area contributed by atoms with Gasteiger partial charge in [-0.3, -0.25) is 4.79 Å². The monoisotopic (exact) mass is 341 g/mol. The Morgan fingerprint density at radius 2 is 1.95 bits per heavy atom. The first-order valence-electron chi connectivity index (χ1n) is 7.19. The molecule has 8 heteroatoms. The Labute approximate surface area is 134 Å². The summed E-state index contributed by atoms with van der Waals surface area (Å²) >= 11 is 0. The second-order valence-corrected chi connectivity index (χ2v) is 7.95. The van der Waals surface area contributed by atoms with Crippen molar-refractivity contribution in [3.8, 4) is 0 Å². The normalized spacial score (nSPS) is 23.7. The van der Waals surface area contributed by atoms with Crippen molar-refractivity contribution in [3.63, 3.8) is 0 Å². The first-order valence-corrected chi connectivity index (χ1v) is 9.08. The maximum Gasteiger partial charge on any atom is 0.236 e. The minimum atomic E-state index is -3.20. The summed E-state index contributed by atoms with van der Waals surface area (Å²) in [7, 11) is -3.20. The van der Waals surface area contributed by atoms with Crippen molar-refractivity contribution in [1.82, 2.24) is 10.0 Å². The zero-order valence-electron chi connectivity index (χ0n) is 13.0. The molecule has 1 aliphatic rings. The Morgan fingerprint density at radius 1 is 1.33 bits per heavy atom. The lowest BCUT2D eigenvalue weighted by molar-refractivity contribution is -0.122. The van der Waals surface area contributed by atoms with Crippen LogP contribution in [0.2, 0.25) is 0 Å². The molecule has 0 heterocycles. The van der Waals surface area contributed by atoms with E-state index in [9.17, 15) is 13.2 Å². The number of nitrogens with one attached hydrogen (secondary N) is 2. The molecule has 21 heavy (non-hydrogen) atoms. The van der Waals surface area contributed by atoms with Crippen LogP contribution in [0.4, 0.5) is 0 Å². The Bertz CT molecular complexity index is 428. The van der Waals surface area contributed by atoms with Crippen molar-refractivity contribution in [3.05, 3.63) is 0 Å². The van der Waals surface area contributed by atoms with Gasteiger partial charge in [0.05, 0.1) is 12.3 Å². The van der Waals surface area contributed by atoms with E-state index < -0.39 is 16.1 Å². The molecule has 1 rings (SSSR count). The summed E-state index contributed by atoms with van der Waals surface area (Å²) in [5.74, 6) is 0.380. The van der Waals surface area contributed by atoms with Crippen LogP contribution < -0.4 is 15.8 Å². The Hall–Kier alpha value is -0.370. The molecule has 0 spiro atoms. The summed E-state index contributed by atoms with van der Waals surface area (Å²) < 4.78 is 25.2. The molecule has 0 aromatic rings. The molecule has 6 nitrogen and oxygen atoms in total. The molecule has 1 fully saturated rings. The van der Waals surface area contributed by atoms with Crippen LogP contribution in [0.25, 0.3) is 0 Å². The topological polar surface area (TPSA) is 101 Å². The molecule has 0 aromatic heterocycles. The molecule has 2 unspecified atom stereocenters. The minimum absolute atomic E-state index is 0. The molecule has 4 N–H and O–H groups in total. The van der Waals surface area contributed by atoms with Crippen LogP contribution in [0, 0.1) is 11.8 Å². The highest BCUT2D eigenvalue weighted by atomic mass is 35.5. The number of carbonyl (C=O) groups excluding carboxylic acids is 1. The number of hydrogen-bond donors (Lipinski definition) is 3. The van der Waals surface area contributed by atoms with Crippen LogP contribution in [-0.2, 0) is 14.8 Å². The average Bonchev–Trinajstić information content (AvgIpc) is 2.69. The van der Waals surface area contributed by atoms with Gasteiger partial charge in [0.1, 0.15) is 0 Å². The van der Waals surface area contributed by atoms with Crippen molar-refractivity contribution < 1.29 is 13.2 Å². The summed E-state index contributed by atoms with van der Waals surface area (Å²) in [5.41, 5.74) is 5.82. The summed E-state index contributed by atoms with van der Waals surface area (Å²) in [5, 5.41) is 2.85. The standard InChI is InChI=1S/C13H27N3O3S.ClH/c1-9(2)7-11(14)13(17)15-8-10-5-4-6-12(10)16-20(3,18)19;/h9-12,16H,4-8,14H2,1-3H3,(H,15,17);1H/t10?,11-,12?;/m0./s1. The van der Waals surface area contributed by atoms with Gasteiger partial charge in [0, 0.05) is 12.6 Å². The first-order chi connectivity index (χ1) is 9.19. The molecule has 1 amide bonds. The lowest BCUT2D eigenvalue weighted by atomic mass is 10.0. The number of hydrogen-bond acceptors (Lipinski definition) is 4. The number of carbonyl (C=O) groups is 1. The van der Waals surface area contributed by atoms with E-state index in [0.717, 1.165) is 19.3 Å². The van der Waals surface area contributed by atoms with Gasteiger partial charge >= 0.3 is 0 Å². The minimum Gasteiger partial charge on any atom is -0.354 e. The maximum atomic E-state index is 11.9. The molecular weight excluding hydrogens is 314 g/mol. The van der Waals surface area contributed by atoms with E-state index in [-0.39, 0.29) is 30.3 Å². The van der Waals surface area contributed by atoms with Gasteiger partial charge < -0.3 is 11.1 Å². The molecule has 1 aliphatic carbocycles. The zero-order valence-corrected chi connectivity index (χ0v) is 14.6. The number of rotatable bonds is 7. The zero-order chi connectivity index (χ0) is 15.3. The number of nitrogens with two attached hydrogens (primary N) is 1. The van der Waals surface area contributed by atoms with Gasteiger partial charge in [-0.15, -0.1) is 12.4 Å². The fraction of sp³-hybridized carbons (Fsp3) is 0.923. The van der Waals surface area contributed by atoms with Gasteiger partial charge in [-0.2, -0.15) is 0 Å². The summed E-state index contributed by atoms with van der Waals surface area (Å²) in [4.78, 5) is 11.9. The highest BCUT2D eigenvalue weighted by molar-refractivity contribution is 7.88. The van der Waals surface area contributed by atoms with E-state index in [0.29, 0.717) is 18.9 Å². The smallest absolute Gasteiger partial charge is 0.236 e. The molecule has 0 radical (unpaired) electrons. The predicted octanol–water partition coefficient (Wildman–Crippen LogP) is 0.616. The maximum absolute atomic E-state index is 11.9. The molecule has 0 saturated heterocycles. The van der Waals surface area contributed by atoms with Crippen molar-refractivity contribution >= 4 is 28.3 Å². The van der Waals surface area contributed by atoms with Gasteiger partial charge in [0.15, 0.2) is 0 Å². The van der Waals surface area contributed by atoms with Gasteiger partial charge in [0.2, 0.25) is 15.9 Å². The number of amides is 1. The molecule has 1 saturated carbocycles. The van der Waals surface area contributed by atoms with E-state index in [2.05, 4.69) is 10.0 Å². The molecule has 3 atom stereocenters. The van der Waals surface area contributed by atoms with Crippen LogP contribution in [0.1, 0.15) is 39.5 Å². The Kier molecular flexibility index (Phi) is 8.77. The van der Waals surface area contributed by atoms with Crippen LogP contribution >= 0.6 is 12.4 Å². The largest absolute Gasteiger partial charge is 0.354 e. The van der Waals surface area contributed by atoms with Gasteiger partial charge in [-0.05, 0) is 31.1 Å².